The number of aromatic hydroxyl groups is 1. The van der Waals surface area contributed by atoms with Crippen LogP contribution >= 0.6 is 23.8 Å². The quantitative estimate of drug-likeness (QED) is 0.746. The highest BCUT2D eigenvalue weighted by molar-refractivity contribution is 7.92. The summed E-state index contributed by atoms with van der Waals surface area (Å²) in [6.07, 6.45) is 3.72. The van der Waals surface area contributed by atoms with E-state index in [2.05, 4.69) is 4.98 Å². The average Bonchev–Trinajstić information content (AvgIpc) is 3.39. The van der Waals surface area contributed by atoms with E-state index in [-0.39, 0.29) is 32.5 Å². The summed E-state index contributed by atoms with van der Waals surface area (Å²) in [6.45, 7) is 1.93. The van der Waals surface area contributed by atoms with Gasteiger partial charge in [0.05, 0.1) is 19.7 Å². The predicted molar refractivity (Wildman–Crippen MR) is 94.4 cm³/mol. The Morgan fingerprint density at radius 2 is 2.12 bits per heavy atom. The molecule has 1 aliphatic rings. The Bertz CT molecular complexity index is 949. The first kappa shape index (κ1) is 17.3. The van der Waals surface area contributed by atoms with Gasteiger partial charge in [-0.3, -0.25) is 0 Å². The first-order chi connectivity index (χ1) is 11.3. The Morgan fingerprint density at radius 1 is 1.42 bits per heavy atom. The van der Waals surface area contributed by atoms with E-state index < -0.39 is 9.84 Å². The summed E-state index contributed by atoms with van der Waals surface area (Å²) in [5.74, 6) is 0.128. The van der Waals surface area contributed by atoms with Gasteiger partial charge in [0.25, 0.3) is 0 Å². The van der Waals surface area contributed by atoms with Gasteiger partial charge in [-0.15, -0.1) is 0 Å². The van der Waals surface area contributed by atoms with Crippen LogP contribution in [0.5, 0.6) is 17.4 Å². The van der Waals surface area contributed by atoms with Crippen molar-refractivity contribution in [2.24, 2.45) is 0 Å². The summed E-state index contributed by atoms with van der Waals surface area (Å²) >= 11 is 11.3. The first-order valence-electron chi connectivity index (χ1n) is 7.49. The third-order valence-corrected chi connectivity index (χ3v) is 6.90. The van der Waals surface area contributed by atoms with Crippen LogP contribution in [0.2, 0.25) is 5.02 Å². The van der Waals surface area contributed by atoms with Gasteiger partial charge in [-0.1, -0.05) is 30.7 Å². The second-order valence-electron chi connectivity index (χ2n) is 5.61. The highest BCUT2D eigenvalue weighted by Crippen LogP contribution is 2.38. The molecule has 128 valence electrons. The molecule has 3 rings (SSSR count). The zero-order valence-electron chi connectivity index (χ0n) is 12.9. The summed E-state index contributed by atoms with van der Waals surface area (Å²) < 4.78 is 30.3. The number of nitrogens with one attached hydrogen (secondary N) is 1. The van der Waals surface area contributed by atoms with Gasteiger partial charge in [0.1, 0.15) is 5.75 Å². The summed E-state index contributed by atoms with van der Waals surface area (Å²) in [5.41, 5.74) is 0.798. The van der Waals surface area contributed by atoms with Gasteiger partial charge in [-0.05, 0) is 43.0 Å². The zero-order chi connectivity index (χ0) is 17.5. The standard InChI is InChI=1S/C16H16ClNO4S2/c1-2-9-8-18-16(14(19)15(9)23)22-13-6-5-11(7-12(13)17)24(20,21)10-3-4-10/h5-8,10,19H,2-4H2,1H3,(H,18,23). The molecule has 0 unspecified atom stereocenters. The van der Waals surface area contributed by atoms with E-state index in [0.717, 1.165) is 5.56 Å². The molecular weight excluding hydrogens is 370 g/mol. The van der Waals surface area contributed by atoms with Crippen molar-refractivity contribution in [3.8, 4) is 17.4 Å². The number of H-pyrrole nitrogens is 1. The molecule has 0 atom stereocenters. The van der Waals surface area contributed by atoms with Gasteiger partial charge in [0, 0.05) is 6.20 Å². The molecule has 0 spiro atoms. The molecule has 2 N–H and O–H groups in total. The summed E-state index contributed by atoms with van der Waals surface area (Å²) in [6, 6.07) is 4.30. The van der Waals surface area contributed by atoms with Gasteiger partial charge in [-0.2, -0.15) is 0 Å². The predicted octanol–water partition coefficient (Wildman–Crippen LogP) is 4.39. The Morgan fingerprint density at radius 3 is 2.71 bits per heavy atom. The molecule has 1 aromatic heterocycles. The highest BCUT2D eigenvalue weighted by Gasteiger charge is 2.37. The fourth-order valence-corrected chi connectivity index (χ4v) is 4.57. The Hall–Kier alpha value is -1.57. The van der Waals surface area contributed by atoms with Crippen molar-refractivity contribution in [3.63, 3.8) is 0 Å². The highest BCUT2D eigenvalue weighted by atomic mass is 35.5. The van der Waals surface area contributed by atoms with Crippen LogP contribution in [0.4, 0.5) is 0 Å². The van der Waals surface area contributed by atoms with Crippen molar-refractivity contribution in [2.45, 2.75) is 36.3 Å². The number of pyridine rings is 1. The average molecular weight is 386 g/mol. The molecule has 0 aliphatic heterocycles. The number of benzene rings is 1. The van der Waals surface area contributed by atoms with Crippen molar-refractivity contribution in [1.29, 1.82) is 0 Å². The van der Waals surface area contributed by atoms with Crippen LogP contribution in [0, 0.1) is 4.51 Å². The van der Waals surface area contributed by atoms with E-state index in [9.17, 15) is 13.5 Å². The summed E-state index contributed by atoms with van der Waals surface area (Å²) in [5, 5.41) is 9.97. The normalized spacial score (nSPS) is 14.6. The largest absolute Gasteiger partial charge is 0.502 e. The molecule has 1 aliphatic carbocycles. The molecule has 1 fully saturated rings. The molecule has 1 aromatic carbocycles. The Labute approximate surface area is 150 Å². The number of aryl methyl sites for hydroxylation is 1. The van der Waals surface area contributed by atoms with Crippen LogP contribution in [0.1, 0.15) is 25.3 Å². The monoisotopic (exact) mass is 385 g/mol. The minimum absolute atomic E-state index is 0.0666. The minimum atomic E-state index is -3.32. The smallest absolute Gasteiger partial charge is 0.241 e. The lowest BCUT2D eigenvalue weighted by Crippen LogP contribution is -2.07. The van der Waals surface area contributed by atoms with Gasteiger partial charge in [0.15, 0.2) is 15.6 Å². The lowest BCUT2D eigenvalue weighted by atomic mass is 10.2. The molecule has 0 bridgehead atoms. The van der Waals surface area contributed by atoms with Crippen molar-refractivity contribution >= 4 is 33.7 Å². The van der Waals surface area contributed by atoms with Crippen LogP contribution in [0.15, 0.2) is 29.3 Å². The van der Waals surface area contributed by atoms with Crippen LogP contribution in [-0.2, 0) is 16.3 Å². The minimum Gasteiger partial charge on any atom is -0.502 e. The topological polar surface area (TPSA) is 79.4 Å². The van der Waals surface area contributed by atoms with E-state index in [1.807, 2.05) is 6.92 Å². The van der Waals surface area contributed by atoms with E-state index in [1.165, 1.54) is 18.2 Å². The SMILES string of the molecule is CCc1c[nH]c(Oc2ccc(S(=O)(=O)C3CC3)cc2Cl)c(O)c1=S. The van der Waals surface area contributed by atoms with Crippen LogP contribution in [0.25, 0.3) is 0 Å². The van der Waals surface area contributed by atoms with Gasteiger partial charge in [0.2, 0.25) is 5.88 Å². The molecule has 0 radical (unpaired) electrons. The number of aromatic nitrogens is 1. The summed E-state index contributed by atoms with van der Waals surface area (Å²) in [4.78, 5) is 3.01. The first-order valence-corrected chi connectivity index (χ1v) is 9.82. The number of sulfone groups is 1. The number of hydrogen-bond donors (Lipinski definition) is 2. The molecule has 24 heavy (non-hydrogen) atoms. The Kier molecular flexibility index (Phi) is 4.59. The molecule has 1 heterocycles. The molecule has 0 amide bonds. The number of rotatable bonds is 5. The zero-order valence-corrected chi connectivity index (χ0v) is 15.3. The lowest BCUT2D eigenvalue weighted by Gasteiger charge is -2.11. The van der Waals surface area contributed by atoms with E-state index in [0.29, 0.717) is 23.8 Å². The molecule has 8 heteroatoms. The van der Waals surface area contributed by atoms with Crippen molar-refractivity contribution in [2.75, 3.05) is 0 Å². The van der Waals surface area contributed by atoms with Crippen LogP contribution < -0.4 is 4.74 Å². The molecule has 5 nitrogen and oxygen atoms in total. The van der Waals surface area contributed by atoms with Gasteiger partial charge < -0.3 is 14.8 Å². The second-order valence-corrected chi connectivity index (χ2v) is 8.66. The number of halogens is 1. The molecule has 0 saturated heterocycles. The molecular formula is C16H16ClNO4S2. The lowest BCUT2D eigenvalue weighted by molar-refractivity contribution is 0.395. The van der Waals surface area contributed by atoms with Crippen molar-refractivity contribution < 1.29 is 18.3 Å². The Balaban J connectivity index is 1.92. The molecule has 1 saturated carbocycles. The second kappa shape index (κ2) is 6.38. The number of ether oxygens (including phenoxy) is 1. The van der Waals surface area contributed by atoms with Crippen molar-refractivity contribution in [3.05, 3.63) is 39.5 Å². The third kappa shape index (κ3) is 3.16. The van der Waals surface area contributed by atoms with Crippen LogP contribution in [0.3, 0.4) is 0 Å². The number of aromatic amines is 1. The maximum atomic E-state index is 12.2. The van der Waals surface area contributed by atoms with E-state index >= 15 is 0 Å². The van der Waals surface area contributed by atoms with Gasteiger partial charge >= 0.3 is 0 Å². The van der Waals surface area contributed by atoms with Crippen molar-refractivity contribution in [1.82, 2.24) is 4.98 Å². The maximum absolute atomic E-state index is 12.2. The van der Waals surface area contributed by atoms with Gasteiger partial charge in [-0.25, -0.2) is 8.42 Å². The third-order valence-electron chi connectivity index (χ3n) is 3.89. The summed E-state index contributed by atoms with van der Waals surface area (Å²) in [7, 11) is -3.32. The fraction of sp³-hybridized carbons (Fsp3) is 0.312. The fourth-order valence-electron chi connectivity index (χ4n) is 2.30. The van der Waals surface area contributed by atoms with Crippen LogP contribution in [-0.4, -0.2) is 23.8 Å². The van der Waals surface area contributed by atoms with E-state index in [1.54, 1.807) is 6.20 Å². The molecule has 2 aromatic rings. The number of hydrogen-bond acceptors (Lipinski definition) is 5. The van der Waals surface area contributed by atoms with E-state index in [4.69, 9.17) is 28.6 Å². The maximum Gasteiger partial charge on any atom is 0.241 e.